The molecule has 0 bridgehead atoms. The molecule has 2 fully saturated rings. The molecule has 3 heteroatoms. The molecule has 1 N–H and O–H groups in total. The lowest BCUT2D eigenvalue weighted by atomic mass is 9.74. The van der Waals surface area contributed by atoms with E-state index in [0.29, 0.717) is 5.41 Å². The summed E-state index contributed by atoms with van der Waals surface area (Å²) in [4.78, 5) is 7.39. The van der Waals surface area contributed by atoms with Crippen LogP contribution in [0.3, 0.4) is 0 Å². The van der Waals surface area contributed by atoms with Crippen molar-refractivity contribution >= 4 is 16.7 Å². The Morgan fingerprint density at radius 2 is 1.95 bits per heavy atom. The topological polar surface area (TPSA) is 28.2 Å². The van der Waals surface area contributed by atoms with Crippen LogP contribution in [0, 0.1) is 5.41 Å². The number of aromatic nitrogens is 1. The summed E-state index contributed by atoms with van der Waals surface area (Å²) in [5, 5.41) is 4.83. The minimum atomic E-state index is 0.476. The van der Waals surface area contributed by atoms with Crippen LogP contribution < -0.4 is 10.2 Å². The quantitative estimate of drug-likeness (QED) is 0.870. The molecule has 0 amide bonds. The zero-order valence-electron chi connectivity index (χ0n) is 12.5. The molecule has 2 aromatic rings. The number of para-hydroxylation sites is 1. The highest BCUT2D eigenvalue weighted by atomic mass is 15.2. The van der Waals surface area contributed by atoms with Crippen molar-refractivity contribution in [3.63, 3.8) is 0 Å². The van der Waals surface area contributed by atoms with E-state index in [1.807, 2.05) is 0 Å². The molecular formula is C18H23N3. The van der Waals surface area contributed by atoms with Gasteiger partial charge >= 0.3 is 0 Å². The lowest BCUT2D eigenvalue weighted by Crippen LogP contribution is -2.51. The third kappa shape index (κ3) is 2.51. The summed E-state index contributed by atoms with van der Waals surface area (Å²) < 4.78 is 0. The van der Waals surface area contributed by atoms with E-state index in [1.54, 1.807) is 0 Å². The minimum absolute atomic E-state index is 0.476. The van der Waals surface area contributed by atoms with Crippen LogP contribution in [0.2, 0.25) is 0 Å². The molecule has 1 spiro atoms. The summed E-state index contributed by atoms with van der Waals surface area (Å²) in [5.41, 5.74) is 1.58. The number of rotatable bonds is 1. The predicted octanol–water partition coefficient (Wildman–Crippen LogP) is 3.20. The van der Waals surface area contributed by atoms with E-state index in [4.69, 9.17) is 4.98 Å². The molecular weight excluding hydrogens is 258 g/mol. The molecule has 4 rings (SSSR count). The minimum Gasteiger partial charge on any atom is -0.356 e. The van der Waals surface area contributed by atoms with Crippen LogP contribution in [0.5, 0.6) is 0 Å². The van der Waals surface area contributed by atoms with Gasteiger partial charge in [0.05, 0.1) is 5.52 Å². The lowest BCUT2D eigenvalue weighted by molar-refractivity contribution is 0.173. The van der Waals surface area contributed by atoms with Crippen molar-refractivity contribution in [1.29, 1.82) is 0 Å². The molecule has 1 unspecified atom stereocenters. The molecule has 2 aliphatic rings. The zero-order valence-corrected chi connectivity index (χ0v) is 12.5. The van der Waals surface area contributed by atoms with Crippen molar-refractivity contribution in [2.75, 3.05) is 31.1 Å². The second-order valence-electron chi connectivity index (χ2n) is 6.67. The first-order valence-electron chi connectivity index (χ1n) is 8.16. The Bertz CT molecular complexity index is 626. The molecule has 0 radical (unpaired) electrons. The fourth-order valence-corrected chi connectivity index (χ4v) is 4.01. The molecule has 1 atom stereocenters. The van der Waals surface area contributed by atoms with Gasteiger partial charge in [-0.2, -0.15) is 0 Å². The van der Waals surface area contributed by atoms with Gasteiger partial charge in [0.15, 0.2) is 0 Å². The van der Waals surface area contributed by atoms with Crippen molar-refractivity contribution in [1.82, 2.24) is 10.3 Å². The molecule has 2 aliphatic heterocycles. The smallest absolute Gasteiger partial charge is 0.129 e. The summed E-state index contributed by atoms with van der Waals surface area (Å²) in [5.74, 6) is 1.15. The number of fused-ring (bicyclic) bond motifs is 1. The van der Waals surface area contributed by atoms with Gasteiger partial charge in [0.2, 0.25) is 0 Å². The van der Waals surface area contributed by atoms with E-state index in [0.717, 1.165) is 24.4 Å². The zero-order chi connectivity index (χ0) is 14.1. The van der Waals surface area contributed by atoms with Gasteiger partial charge in [-0.3, -0.25) is 0 Å². The first-order valence-corrected chi connectivity index (χ1v) is 8.16. The predicted molar refractivity (Wildman–Crippen MR) is 87.7 cm³/mol. The number of benzene rings is 1. The summed E-state index contributed by atoms with van der Waals surface area (Å²) in [6.07, 6.45) is 5.34. The van der Waals surface area contributed by atoms with Gasteiger partial charge in [-0.05, 0) is 50.4 Å². The van der Waals surface area contributed by atoms with E-state index < -0.39 is 0 Å². The molecule has 3 nitrogen and oxygen atoms in total. The molecule has 1 aromatic carbocycles. The molecule has 3 heterocycles. The van der Waals surface area contributed by atoms with Crippen LogP contribution in [-0.4, -0.2) is 31.2 Å². The Morgan fingerprint density at radius 3 is 2.86 bits per heavy atom. The highest BCUT2D eigenvalue weighted by Crippen LogP contribution is 2.37. The van der Waals surface area contributed by atoms with E-state index in [-0.39, 0.29) is 0 Å². The van der Waals surface area contributed by atoms with E-state index in [1.165, 1.54) is 44.2 Å². The van der Waals surface area contributed by atoms with Crippen LogP contribution in [0.1, 0.15) is 25.7 Å². The number of anilines is 1. The molecule has 21 heavy (non-hydrogen) atoms. The van der Waals surface area contributed by atoms with Gasteiger partial charge in [-0.1, -0.05) is 18.2 Å². The number of nitrogens with one attached hydrogen (secondary N) is 1. The van der Waals surface area contributed by atoms with E-state index in [9.17, 15) is 0 Å². The highest BCUT2D eigenvalue weighted by Gasteiger charge is 2.36. The number of piperidine rings is 2. The second-order valence-corrected chi connectivity index (χ2v) is 6.67. The summed E-state index contributed by atoms with van der Waals surface area (Å²) in [7, 11) is 0. The summed E-state index contributed by atoms with van der Waals surface area (Å²) in [6.45, 7) is 4.67. The van der Waals surface area contributed by atoms with Crippen LogP contribution in [-0.2, 0) is 0 Å². The molecule has 110 valence electrons. The molecule has 0 aliphatic carbocycles. The standard InChI is InChI=1S/C18H23N3/c1-2-6-16-15(5-1)7-8-17(20-16)21-12-4-10-18(14-21)9-3-11-19-13-18/h1-2,5-8,19H,3-4,9-14H2. The average molecular weight is 281 g/mol. The number of hydrogen-bond acceptors (Lipinski definition) is 3. The third-order valence-electron chi connectivity index (χ3n) is 5.13. The molecule has 2 saturated heterocycles. The van der Waals surface area contributed by atoms with Gasteiger partial charge in [0.25, 0.3) is 0 Å². The largest absolute Gasteiger partial charge is 0.356 e. The fraction of sp³-hybridized carbons (Fsp3) is 0.500. The van der Waals surface area contributed by atoms with Crippen molar-refractivity contribution in [2.24, 2.45) is 5.41 Å². The number of nitrogens with zero attached hydrogens (tertiary/aromatic N) is 2. The molecule has 1 aromatic heterocycles. The van der Waals surface area contributed by atoms with Crippen LogP contribution >= 0.6 is 0 Å². The number of pyridine rings is 1. The maximum Gasteiger partial charge on any atom is 0.129 e. The fourth-order valence-electron chi connectivity index (χ4n) is 4.01. The van der Waals surface area contributed by atoms with Crippen LogP contribution in [0.25, 0.3) is 10.9 Å². The van der Waals surface area contributed by atoms with Gasteiger partial charge in [0.1, 0.15) is 5.82 Å². The lowest BCUT2D eigenvalue weighted by Gasteiger charge is -2.45. The van der Waals surface area contributed by atoms with Crippen molar-refractivity contribution in [2.45, 2.75) is 25.7 Å². The van der Waals surface area contributed by atoms with Gasteiger partial charge < -0.3 is 10.2 Å². The van der Waals surface area contributed by atoms with Crippen LogP contribution in [0.15, 0.2) is 36.4 Å². The van der Waals surface area contributed by atoms with Crippen molar-refractivity contribution in [3.8, 4) is 0 Å². The maximum atomic E-state index is 4.88. The SMILES string of the molecule is c1ccc2nc(N3CCCC4(CCCNC4)C3)ccc2c1. The van der Waals surface area contributed by atoms with Crippen molar-refractivity contribution in [3.05, 3.63) is 36.4 Å². The van der Waals surface area contributed by atoms with E-state index >= 15 is 0 Å². The maximum absolute atomic E-state index is 4.88. The van der Waals surface area contributed by atoms with Crippen molar-refractivity contribution < 1.29 is 0 Å². The number of hydrogen-bond donors (Lipinski definition) is 1. The normalized spacial score (nSPS) is 26.4. The monoisotopic (exact) mass is 281 g/mol. The van der Waals surface area contributed by atoms with Gasteiger partial charge in [0, 0.05) is 30.4 Å². The van der Waals surface area contributed by atoms with Gasteiger partial charge in [-0.15, -0.1) is 0 Å². The Kier molecular flexibility index (Phi) is 3.30. The Morgan fingerprint density at radius 1 is 1.05 bits per heavy atom. The first kappa shape index (κ1) is 13.1. The molecule has 0 saturated carbocycles. The third-order valence-corrected chi connectivity index (χ3v) is 5.13. The summed E-state index contributed by atoms with van der Waals surface area (Å²) in [6, 6.07) is 12.8. The van der Waals surface area contributed by atoms with Crippen LogP contribution in [0.4, 0.5) is 5.82 Å². The summed E-state index contributed by atoms with van der Waals surface area (Å²) >= 11 is 0. The Labute approximate surface area is 126 Å². The highest BCUT2D eigenvalue weighted by molar-refractivity contribution is 5.80. The Balaban J connectivity index is 1.61. The van der Waals surface area contributed by atoms with Gasteiger partial charge in [-0.25, -0.2) is 4.98 Å². The van der Waals surface area contributed by atoms with E-state index in [2.05, 4.69) is 46.6 Å². The Hall–Kier alpha value is -1.61. The first-order chi connectivity index (χ1) is 10.3. The second kappa shape index (κ2) is 5.30. The average Bonchev–Trinajstić information content (AvgIpc) is 2.55.